The molecule has 11 heteroatoms. The number of benzene rings is 2. The number of aliphatic hydroxyl groups excluding tert-OH is 1. The molecular formula is C33H38O11. The number of ether oxygens (including phenoxy) is 5. The van der Waals surface area contributed by atoms with E-state index in [0.717, 1.165) is 0 Å². The molecule has 2 N–H and O–H groups in total. The van der Waals surface area contributed by atoms with Crippen molar-refractivity contribution >= 4 is 23.9 Å². The highest BCUT2D eigenvalue weighted by Gasteiger charge is 2.86. The van der Waals surface area contributed by atoms with Gasteiger partial charge in [-0.1, -0.05) is 36.4 Å². The van der Waals surface area contributed by atoms with Crippen LogP contribution in [0.4, 0.5) is 0 Å². The average Bonchev–Trinajstić information content (AvgIpc) is 3.17. The van der Waals surface area contributed by atoms with E-state index in [1.54, 1.807) is 62.4 Å². The predicted molar refractivity (Wildman–Crippen MR) is 153 cm³/mol. The molecule has 2 bridgehead atoms. The van der Waals surface area contributed by atoms with Gasteiger partial charge in [0.2, 0.25) is 0 Å². The van der Waals surface area contributed by atoms with E-state index < -0.39 is 83.0 Å². The third-order valence-electron chi connectivity index (χ3n) is 9.41. The van der Waals surface area contributed by atoms with Crippen molar-refractivity contribution in [2.24, 2.45) is 11.3 Å². The second-order valence-electron chi connectivity index (χ2n) is 12.6. The van der Waals surface area contributed by atoms with Crippen molar-refractivity contribution in [2.75, 3.05) is 6.61 Å². The van der Waals surface area contributed by atoms with Crippen molar-refractivity contribution in [3.63, 3.8) is 0 Å². The van der Waals surface area contributed by atoms with Gasteiger partial charge in [0.1, 0.15) is 36.4 Å². The van der Waals surface area contributed by atoms with Crippen LogP contribution in [-0.4, -0.2) is 81.9 Å². The molecule has 0 amide bonds. The van der Waals surface area contributed by atoms with Gasteiger partial charge in [-0.25, -0.2) is 9.59 Å². The van der Waals surface area contributed by atoms with Crippen LogP contribution in [0.15, 0.2) is 60.7 Å². The van der Waals surface area contributed by atoms with E-state index in [1.807, 2.05) is 0 Å². The number of rotatable bonds is 7. The van der Waals surface area contributed by atoms with Crippen molar-refractivity contribution < 1.29 is 53.1 Å². The molecule has 3 aliphatic rings. The SMILES string of the molecule is CC(=O)OCC12C(OC(=O)c3ccccc3)CCC(C)(O)C13OC(C)(C)C(C(O)C2OC(=O)c1ccccc1)C3OC(C)=O. The number of hydrogen-bond donors (Lipinski definition) is 2. The zero-order valence-electron chi connectivity index (χ0n) is 25.4. The molecule has 1 aliphatic heterocycles. The van der Waals surface area contributed by atoms with Crippen LogP contribution in [0, 0.1) is 11.3 Å². The van der Waals surface area contributed by atoms with Crippen LogP contribution in [0.3, 0.4) is 0 Å². The molecule has 1 saturated heterocycles. The van der Waals surface area contributed by atoms with Crippen LogP contribution in [0.25, 0.3) is 0 Å². The van der Waals surface area contributed by atoms with Crippen LogP contribution < -0.4 is 0 Å². The quantitative estimate of drug-likeness (QED) is 0.351. The maximum Gasteiger partial charge on any atom is 0.338 e. The highest BCUT2D eigenvalue weighted by molar-refractivity contribution is 5.90. The molecule has 236 valence electrons. The van der Waals surface area contributed by atoms with Crippen molar-refractivity contribution in [2.45, 2.75) is 88.7 Å². The van der Waals surface area contributed by atoms with E-state index >= 15 is 0 Å². The molecule has 2 aliphatic carbocycles. The summed E-state index contributed by atoms with van der Waals surface area (Å²) in [5.41, 5.74) is -6.66. The van der Waals surface area contributed by atoms with Crippen LogP contribution in [0.5, 0.6) is 0 Å². The van der Waals surface area contributed by atoms with Gasteiger partial charge >= 0.3 is 23.9 Å². The minimum atomic E-state index is -1.99. The summed E-state index contributed by atoms with van der Waals surface area (Å²) in [4.78, 5) is 52.2. The molecule has 5 rings (SSSR count). The topological polar surface area (TPSA) is 155 Å². The normalized spacial score (nSPS) is 35.1. The van der Waals surface area contributed by atoms with Gasteiger partial charge in [0.05, 0.1) is 28.2 Å². The lowest BCUT2D eigenvalue weighted by atomic mass is 9.46. The van der Waals surface area contributed by atoms with E-state index in [2.05, 4.69) is 0 Å². The summed E-state index contributed by atoms with van der Waals surface area (Å²) < 4.78 is 30.5. The fourth-order valence-corrected chi connectivity index (χ4v) is 7.72. The van der Waals surface area contributed by atoms with Gasteiger partial charge in [-0.2, -0.15) is 0 Å². The molecule has 3 fully saturated rings. The Morgan fingerprint density at radius 1 is 0.818 bits per heavy atom. The maximum absolute atomic E-state index is 13.6. The maximum atomic E-state index is 13.6. The van der Waals surface area contributed by atoms with E-state index in [-0.39, 0.29) is 24.0 Å². The number of aliphatic hydroxyl groups is 2. The summed E-state index contributed by atoms with van der Waals surface area (Å²) in [6.07, 6.45) is -5.72. The third-order valence-corrected chi connectivity index (χ3v) is 9.41. The number of esters is 4. The van der Waals surface area contributed by atoms with Gasteiger partial charge in [0.15, 0.2) is 5.60 Å². The van der Waals surface area contributed by atoms with Crippen LogP contribution >= 0.6 is 0 Å². The first-order chi connectivity index (χ1) is 20.7. The lowest BCUT2D eigenvalue weighted by Gasteiger charge is -2.65. The van der Waals surface area contributed by atoms with E-state index in [0.29, 0.717) is 0 Å². The Balaban J connectivity index is 1.77. The molecule has 8 atom stereocenters. The Kier molecular flexibility index (Phi) is 8.11. The van der Waals surface area contributed by atoms with E-state index in [4.69, 9.17) is 23.7 Å². The number of fused-ring (bicyclic) bond motifs is 1. The van der Waals surface area contributed by atoms with Gasteiger partial charge in [-0.05, 0) is 57.9 Å². The molecule has 1 spiro atoms. The first kappa shape index (κ1) is 31.6. The fourth-order valence-electron chi connectivity index (χ4n) is 7.72. The molecule has 0 aromatic heterocycles. The van der Waals surface area contributed by atoms with Gasteiger partial charge in [0, 0.05) is 13.8 Å². The van der Waals surface area contributed by atoms with Gasteiger partial charge in [-0.15, -0.1) is 0 Å². The van der Waals surface area contributed by atoms with Crippen LogP contribution in [0.1, 0.15) is 68.2 Å². The summed E-state index contributed by atoms with van der Waals surface area (Å²) >= 11 is 0. The Morgan fingerprint density at radius 2 is 1.36 bits per heavy atom. The van der Waals surface area contributed by atoms with Gasteiger partial charge in [0.25, 0.3) is 0 Å². The number of carbonyl (C=O) groups excluding carboxylic acids is 4. The molecule has 2 saturated carbocycles. The highest BCUT2D eigenvalue weighted by atomic mass is 16.6. The molecule has 44 heavy (non-hydrogen) atoms. The molecule has 2 aromatic carbocycles. The molecule has 0 radical (unpaired) electrons. The Bertz CT molecular complexity index is 1420. The third kappa shape index (κ3) is 4.87. The summed E-state index contributed by atoms with van der Waals surface area (Å²) in [5.74, 6) is -4.00. The summed E-state index contributed by atoms with van der Waals surface area (Å²) in [7, 11) is 0. The summed E-state index contributed by atoms with van der Waals surface area (Å²) in [5, 5.41) is 24.5. The lowest BCUT2D eigenvalue weighted by Crippen LogP contribution is -2.83. The highest BCUT2D eigenvalue weighted by Crippen LogP contribution is 2.69. The van der Waals surface area contributed by atoms with Crippen molar-refractivity contribution in [3.05, 3.63) is 71.8 Å². The second-order valence-corrected chi connectivity index (χ2v) is 12.6. The fraction of sp³-hybridized carbons (Fsp3) is 0.515. The number of hydrogen-bond acceptors (Lipinski definition) is 11. The zero-order chi connectivity index (χ0) is 32.1. The number of carbonyl (C=O) groups is 4. The first-order valence-electron chi connectivity index (χ1n) is 14.6. The zero-order valence-corrected chi connectivity index (χ0v) is 25.4. The Hall–Kier alpha value is -3.80. The van der Waals surface area contributed by atoms with Gasteiger partial charge in [-0.3, -0.25) is 9.59 Å². The minimum absolute atomic E-state index is 0.00193. The predicted octanol–water partition coefficient (Wildman–Crippen LogP) is 3.00. The van der Waals surface area contributed by atoms with Crippen molar-refractivity contribution in [1.82, 2.24) is 0 Å². The second kappa shape index (κ2) is 11.3. The first-order valence-corrected chi connectivity index (χ1v) is 14.6. The van der Waals surface area contributed by atoms with Crippen LogP contribution in [-0.2, 0) is 33.3 Å². The lowest BCUT2D eigenvalue weighted by molar-refractivity contribution is -0.347. The molecule has 11 nitrogen and oxygen atoms in total. The minimum Gasteiger partial charge on any atom is -0.465 e. The van der Waals surface area contributed by atoms with E-state index in [1.165, 1.54) is 32.9 Å². The summed E-state index contributed by atoms with van der Waals surface area (Å²) in [6.45, 7) is 6.57. The molecule has 2 aromatic rings. The molecule has 1 heterocycles. The molecular weight excluding hydrogens is 572 g/mol. The average molecular weight is 611 g/mol. The smallest absolute Gasteiger partial charge is 0.338 e. The van der Waals surface area contributed by atoms with Crippen molar-refractivity contribution in [1.29, 1.82) is 0 Å². The van der Waals surface area contributed by atoms with Crippen molar-refractivity contribution in [3.8, 4) is 0 Å². The van der Waals surface area contributed by atoms with Crippen LogP contribution in [0.2, 0.25) is 0 Å². The largest absolute Gasteiger partial charge is 0.465 e. The Morgan fingerprint density at radius 3 is 1.89 bits per heavy atom. The van der Waals surface area contributed by atoms with E-state index in [9.17, 15) is 29.4 Å². The standard InChI is InChI=1S/C33H38O11/c1-19(34)40-18-32-23(42-28(37)21-12-8-6-9-13-21)16-17-31(5,39)33(32)26(41-20(2)35)24(30(3,4)44-33)25(36)27(32)43-29(38)22-14-10-7-11-15-22/h6-15,23-27,36,39H,16-18H2,1-5H3. The monoisotopic (exact) mass is 610 g/mol. The molecule has 8 unspecified atom stereocenters. The Labute approximate surface area is 255 Å². The summed E-state index contributed by atoms with van der Waals surface area (Å²) in [6, 6.07) is 16.3. The van der Waals surface area contributed by atoms with Gasteiger partial charge < -0.3 is 33.9 Å².